The molecule has 2 heterocycles. The minimum Gasteiger partial charge on any atom is -0.329 e. The van der Waals surface area contributed by atoms with E-state index in [9.17, 15) is 0 Å². The lowest BCUT2D eigenvalue weighted by molar-refractivity contribution is 0.715. The Hall–Kier alpha value is -1.99. The third-order valence-electron chi connectivity index (χ3n) is 2.61. The van der Waals surface area contributed by atoms with Gasteiger partial charge in [-0.05, 0) is 24.6 Å². The molecule has 1 aromatic carbocycles. The van der Waals surface area contributed by atoms with Crippen LogP contribution in [0.5, 0.6) is 0 Å². The van der Waals surface area contributed by atoms with Gasteiger partial charge in [-0.2, -0.15) is 0 Å². The highest BCUT2D eigenvalue weighted by Crippen LogP contribution is 2.30. The van der Waals surface area contributed by atoms with Crippen molar-refractivity contribution in [3.8, 4) is 10.7 Å². The number of benzene rings is 1. The fourth-order valence-electron chi connectivity index (χ4n) is 1.66. The molecule has 0 amide bonds. The van der Waals surface area contributed by atoms with Gasteiger partial charge in [0.05, 0.1) is 16.9 Å². The van der Waals surface area contributed by atoms with Gasteiger partial charge in [0.25, 0.3) is 0 Å². The van der Waals surface area contributed by atoms with E-state index in [1.165, 1.54) is 11.3 Å². The van der Waals surface area contributed by atoms with Gasteiger partial charge >= 0.3 is 0 Å². The quantitative estimate of drug-likeness (QED) is 0.805. The molecule has 1 N–H and O–H groups in total. The van der Waals surface area contributed by atoms with Crippen LogP contribution in [0.3, 0.4) is 0 Å². The average Bonchev–Trinajstić information content (AvgIpc) is 3.02. The zero-order chi connectivity index (χ0) is 14.1. The van der Waals surface area contributed by atoms with Gasteiger partial charge in [-0.3, -0.25) is 4.68 Å². The summed E-state index contributed by atoms with van der Waals surface area (Å²) in [7, 11) is 1.81. The SMILES string of the molecule is Cc1ccc(Nc2nnc(-c3cn(C)nn3)s2)c(Cl)c1. The second-order valence-corrected chi connectivity index (χ2v) is 5.68. The summed E-state index contributed by atoms with van der Waals surface area (Å²) < 4.78 is 1.63. The van der Waals surface area contributed by atoms with Crippen LogP contribution in [0.15, 0.2) is 24.4 Å². The first-order valence-electron chi connectivity index (χ1n) is 5.85. The molecule has 2 aromatic heterocycles. The van der Waals surface area contributed by atoms with E-state index in [0.29, 0.717) is 20.9 Å². The molecule has 6 nitrogen and oxygen atoms in total. The van der Waals surface area contributed by atoms with Crippen molar-refractivity contribution in [2.75, 3.05) is 5.32 Å². The monoisotopic (exact) mass is 306 g/mol. The highest BCUT2D eigenvalue weighted by molar-refractivity contribution is 7.18. The Morgan fingerprint density at radius 1 is 1.25 bits per heavy atom. The number of hydrogen-bond donors (Lipinski definition) is 1. The van der Waals surface area contributed by atoms with Gasteiger partial charge in [0.1, 0.15) is 5.69 Å². The number of nitrogens with zero attached hydrogens (tertiary/aromatic N) is 5. The summed E-state index contributed by atoms with van der Waals surface area (Å²) in [5.41, 5.74) is 2.62. The van der Waals surface area contributed by atoms with Crippen molar-refractivity contribution in [3.63, 3.8) is 0 Å². The zero-order valence-corrected chi connectivity index (χ0v) is 12.4. The van der Waals surface area contributed by atoms with Crippen LogP contribution in [0.2, 0.25) is 5.02 Å². The summed E-state index contributed by atoms with van der Waals surface area (Å²) >= 11 is 7.57. The van der Waals surface area contributed by atoms with Crippen molar-refractivity contribution >= 4 is 33.8 Å². The Kier molecular flexibility index (Phi) is 3.37. The molecule has 3 aromatic rings. The molecular formula is C12H11ClN6S. The normalized spacial score (nSPS) is 10.8. The van der Waals surface area contributed by atoms with E-state index in [0.717, 1.165) is 11.3 Å². The van der Waals surface area contributed by atoms with E-state index in [-0.39, 0.29) is 0 Å². The molecule has 0 bridgehead atoms. The Balaban J connectivity index is 1.84. The lowest BCUT2D eigenvalue weighted by Gasteiger charge is -2.04. The molecule has 0 saturated heterocycles. The fraction of sp³-hybridized carbons (Fsp3) is 0.167. The van der Waals surface area contributed by atoms with Gasteiger partial charge in [-0.1, -0.05) is 34.2 Å². The van der Waals surface area contributed by atoms with Gasteiger partial charge in [0, 0.05) is 7.05 Å². The fourth-order valence-corrected chi connectivity index (χ4v) is 2.65. The summed E-state index contributed by atoms with van der Waals surface area (Å²) in [6, 6.07) is 5.80. The van der Waals surface area contributed by atoms with Crippen LogP contribution in [0.25, 0.3) is 10.7 Å². The van der Waals surface area contributed by atoms with E-state index < -0.39 is 0 Å². The van der Waals surface area contributed by atoms with Gasteiger partial charge in [-0.25, -0.2) is 0 Å². The Morgan fingerprint density at radius 3 is 2.80 bits per heavy atom. The largest absolute Gasteiger partial charge is 0.329 e. The summed E-state index contributed by atoms with van der Waals surface area (Å²) in [5, 5.41) is 21.2. The summed E-state index contributed by atoms with van der Waals surface area (Å²) in [6.07, 6.45) is 1.79. The highest BCUT2D eigenvalue weighted by Gasteiger charge is 2.11. The molecule has 0 spiro atoms. The first kappa shape index (κ1) is 13.0. The van der Waals surface area contributed by atoms with Crippen LogP contribution in [0.4, 0.5) is 10.8 Å². The maximum Gasteiger partial charge on any atom is 0.210 e. The van der Waals surface area contributed by atoms with Crippen LogP contribution in [0.1, 0.15) is 5.56 Å². The molecule has 0 fully saturated rings. The summed E-state index contributed by atoms with van der Waals surface area (Å²) in [4.78, 5) is 0. The van der Waals surface area contributed by atoms with Gasteiger partial charge < -0.3 is 5.32 Å². The predicted molar refractivity (Wildman–Crippen MR) is 79.4 cm³/mol. The molecule has 0 aliphatic heterocycles. The Labute approximate surface area is 124 Å². The predicted octanol–water partition coefficient (Wildman–Crippen LogP) is 3.04. The molecule has 0 atom stereocenters. The molecular weight excluding hydrogens is 296 g/mol. The number of rotatable bonds is 3. The molecule has 0 radical (unpaired) electrons. The van der Waals surface area contributed by atoms with Crippen molar-refractivity contribution in [2.24, 2.45) is 7.05 Å². The van der Waals surface area contributed by atoms with Crippen molar-refractivity contribution in [3.05, 3.63) is 35.0 Å². The second kappa shape index (κ2) is 5.18. The van der Waals surface area contributed by atoms with E-state index in [1.54, 1.807) is 10.9 Å². The lowest BCUT2D eigenvalue weighted by Crippen LogP contribution is -1.90. The number of anilines is 2. The highest BCUT2D eigenvalue weighted by atomic mass is 35.5. The lowest BCUT2D eigenvalue weighted by atomic mass is 10.2. The standard InChI is InChI=1S/C12H11ClN6S/c1-7-3-4-9(8(13)5-7)14-12-17-16-11(20-12)10-6-19(2)18-15-10/h3-6H,1-2H3,(H,14,17). The third-order valence-corrected chi connectivity index (χ3v) is 3.79. The van der Waals surface area contributed by atoms with Gasteiger partial charge in [0.15, 0.2) is 5.01 Å². The van der Waals surface area contributed by atoms with Crippen molar-refractivity contribution in [1.82, 2.24) is 25.2 Å². The van der Waals surface area contributed by atoms with E-state index >= 15 is 0 Å². The zero-order valence-electron chi connectivity index (χ0n) is 10.8. The molecule has 8 heteroatoms. The van der Waals surface area contributed by atoms with E-state index in [2.05, 4.69) is 25.8 Å². The smallest absolute Gasteiger partial charge is 0.210 e. The van der Waals surface area contributed by atoms with Crippen LogP contribution >= 0.6 is 22.9 Å². The van der Waals surface area contributed by atoms with Gasteiger partial charge in [-0.15, -0.1) is 15.3 Å². The first-order valence-corrected chi connectivity index (χ1v) is 7.04. The maximum absolute atomic E-state index is 6.17. The van der Waals surface area contributed by atoms with Crippen LogP contribution in [0, 0.1) is 6.92 Å². The summed E-state index contributed by atoms with van der Waals surface area (Å²) in [6.45, 7) is 1.99. The minimum absolute atomic E-state index is 0.654. The van der Waals surface area contributed by atoms with Crippen LogP contribution < -0.4 is 5.32 Å². The van der Waals surface area contributed by atoms with Crippen molar-refractivity contribution in [2.45, 2.75) is 6.92 Å². The topological polar surface area (TPSA) is 68.5 Å². The van der Waals surface area contributed by atoms with E-state index in [1.807, 2.05) is 32.2 Å². The maximum atomic E-state index is 6.17. The summed E-state index contributed by atoms with van der Waals surface area (Å²) in [5.74, 6) is 0. The molecule has 0 unspecified atom stereocenters. The van der Waals surface area contributed by atoms with E-state index in [4.69, 9.17) is 11.6 Å². The van der Waals surface area contributed by atoms with Gasteiger partial charge in [0.2, 0.25) is 5.13 Å². The Bertz CT molecular complexity index is 750. The molecule has 0 aliphatic rings. The molecule has 102 valence electrons. The van der Waals surface area contributed by atoms with Crippen LogP contribution in [-0.2, 0) is 7.05 Å². The average molecular weight is 307 g/mol. The van der Waals surface area contributed by atoms with Crippen molar-refractivity contribution < 1.29 is 0 Å². The van der Waals surface area contributed by atoms with Crippen LogP contribution in [-0.4, -0.2) is 25.2 Å². The number of nitrogens with one attached hydrogen (secondary N) is 1. The minimum atomic E-state index is 0.654. The number of aryl methyl sites for hydroxylation is 2. The third kappa shape index (κ3) is 2.63. The number of halogens is 1. The second-order valence-electron chi connectivity index (χ2n) is 4.30. The first-order chi connectivity index (χ1) is 9.61. The molecule has 0 saturated carbocycles. The Morgan fingerprint density at radius 2 is 2.10 bits per heavy atom. The number of aromatic nitrogens is 5. The molecule has 3 rings (SSSR count). The van der Waals surface area contributed by atoms with Crippen molar-refractivity contribution in [1.29, 1.82) is 0 Å². The molecule has 20 heavy (non-hydrogen) atoms. The number of hydrogen-bond acceptors (Lipinski definition) is 6. The molecule has 0 aliphatic carbocycles.